The molecule has 0 aromatic heterocycles. The van der Waals surface area contributed by atoms with Crippen LogP contribution in [0.5, 0.6) is 0 Å². The predicted octanol–water partition coefficient (Wildman–Crippen LogP) is 1.40. The summed E-state index contributed by atoms with van der Waals surface area (Å²) in [4.78, 5) is 34.7. The van der Waals surface area contributed by atoms with Crippen LogP contribution >= 0.6 is 0 Å². The summed E-state index contributed by atoms with van der Waals surface area (Å²) < 4.78 is 5.03. The Morgan fingerprint density at radius 1 is 0.957 bits per heavy atom. The van der Waals surface area contributed by atoms with Gasteiger partial charge in [0.05, 0.1) is 6.54 Å². The van der Waals surface area contributed by atoms with Gasteiger partial charge in [0.2, 0.25) is 11.8 Å². The third kappa shape index (κ3) is 9.29. The number of nitrogens with one attached hydrogen (secondary N) is 2. The fraction of sp³-hybridized carbons (Fsp3) is 0.471. The molecule has 23 heavy (non-hydrogen) atoms. The van der Waals surface area contributed by atoms with Crippen LogP contribution in [-0.4, -0.2) is 30.9 Å². The second kappa shape index (κ2) is 8.92. The highest BCUT2D eigenvalue weighted by Gasteiger charge is 2.16. The SMILES string of the molecule is CC(C)(C)CC(=O)NCC(=O)NCC(=O)OCc1ccccc1. The maximum atomic E-state index is 11.6. The van der Waals surface area contributed by atoms with Crippen molar-refractivity contribution in [2.45, 2.75) is 33.8 Å². The van der Waals surface area contributed by atoms with Crippen LogP contribution in [0, 0.1) is 5.41 Å². The largest absolute Gasteiger partial charge is 0.460 e. The highest BCUT2D eigenvalue weighted by atomic mass is 16.5. The predicted molar refractivity (Wildman–Crippen MR) is 86.3 cm³/mol. The van der Waals surface area contributed by atoms with Gasteiger partial charge in [-0.1, -0.05) is 51.1 Å². The number of carbonyl (C=O) groups excluding carboxylic acids is 3. The number of ether oxygens (including phenoxy) is 1. The van der Waals surface area contributed by atoms with E-state index in [1.54, 1.807) is 0 Å². The van der Waals surface area contributed by atoms with E-state index in [-0.39, 0.29) is 31.0 Å². The van der Waals surface area contributed by atoms with Crippen LogP contribution in [0.15, 0.2) is 30.3 Å². The first kappa shape index (κ1) is 18.7. The minimum absolute atomic E-state index is 0.137. The van der Waals surface area contributed by atoms with E-state index in [0.29, 0.717) is 6.42 Å². The Balaban J connectivity index is 2.17. The molecule has 0 radical (unpaired) electrons. The molecular weight excluding hydrogens is 296 g/mol. The fourth-order valence-corrected chi connectivity index (χ4v) is 1.75. The molecule has 0 saturated heterocycles. The lowest BCUT2D eigenvalue weighted by atomic mass is 9.92. The summed E-state index contributed by atoms with van der Waals surface area (Å²) in [5.74, 6) is -1.15. The molecule has 6 nitrogen and oxygen atoms in total. The summed E-state index contributed by atoms with van der Waals surface area (Å²) in [6, 6.07) is 9.27. The fourth-order valence-electron chi connectivity index (χ4n) is 1.75. The maximum absolute atomic E-state index is 11.6. The van der Waals surface area contributed by atoms with Crippen molar-refractivity contribution in [1.82, 2.24) is 10.6 Å². The third-order valence-corrected chi connectivity index (χ3v) is 2.81. The van der Waals surface area contributed by atoms with E-state index in [4.69, 9.17) is 4.74 Å². The lowest BCUT2D eigenvalue weighted by molar-refractivity contribution is -0.145. The van der Waals surface area contributed by atoms with E-state index < -0.39 is 11.9 Å². The van der Waals surface area contributed by atoms with Gasteiger partial charge < -0.3 is 15.4 Å². The molecule has 2 amide bonds. The van der Waals surface area contributed by atoms with Crippen molar-refractivity contribution in [3.05, 3.63) is 35.9 Å². The van der Waals surface area contributed by atoms with Gasteiger partial charge in [0, 0.05) is 6.42 Å². The number of esters is 1. The van der Waals surface area contributed by atoms with E-state index in [2.05, 4.69) is 10.6 Å². The number of benzene rings is 1. The van der Waals surface area contributed by atoms with Gasteiger partial charge in [-0.05, 0) is 11.0 Å². The molecule has 126 valence electrons. The van der Waals surface area contributed by atoms with Crippen LogP contribution in [0.3, 0.4) is 0 Å². The van der Waals surface area contributed by atoms with Crippen molar-refractivity contribution < 1.29 is 19.1 Å². The zero-order valence-electron chi connectivity index (χ0n) is 13.8. The molecule has 0 saturated carbocycles. The van der Waals surface area contributed by atoms with Gasteiger partial charge >= 0.3 is 5.97 Å². The lowest BCUT2D eigenvalue weighted by Crippen LogP contribution is -2.40. The molecule has 0 spiro atoms. The molecule has 6 heteroatoms. The van der Waals surface area contributed by atoms with Crippen LogP contribution in [0.2, 0.25) is 0 Å². The molecule has 1 aromatic carbocycles. The molecule has 0 fully saturated rings. The van der Waals surface area contributed by atoms with Crippen LogP contribution in [0.1, 0.15) is 32.8 Å². The maximum Gasteiger partial charge on any atom is 0.325 e. The second-order valence-corrected chi connectivity index (χ2v) is 6.44. The van der Waals surface area contributed by atoms with Crippen LogP contribution in [0.4, 0.5) is 0 Å². The number of hydrogen-bond donors (Lipinski definition) is 2. The van der Waals surface area contributed by atoms with Gasteiger partial charge in [-0.25, -0.2) is 0 Å². The lowest BCUT2D eigenvalue weighted by Gasteiger charge is -2.17. The molecule has 1 aromatic rings. The Morgan fingerprint density at radius 2 is 1.57 bits per heavy atom. The summed E-state index contributed by atoms with van der Waals surface area (Å²) in [5, 5.41) is 4.93. The summed E-state index contributed by atoms with van der Waals surface area (Å²) in [6.07, 6.45) is 0.333. The molecule has 0 aliphatic rings. The molecular formula is C17H24N2O4. The van der Waals surface area contributed by atoms with Crippen LogP contribution in [0.25, 0.3) is 0 Å². The smallest absolute Gasteiger partial charge is 0.325 e. The summed E-state index contributed by atoms with van der Waals surface area (Å²) in [6.45, 7) is 5.61. The Bertz CT molecular complexity index is 535. The van der Waals surface area contributed by atoms with Gasteiger partial charge in [-0.3, -0.25) is 14.4 Å². The molecule has 0 heterocycles. The van der Waals surface area contributed by atoms with E-state index in [9.17, 15) is 14.4 Å². The average Bonchev–Trinajstić information content (AvgIpc) is 2.48. The van der Waals surface area contributed by atoms with Gasteiger partial charge in [0.1, 0.15) is 13.2 Å². The first-order valence-corrected chi connectivity index (χ1v) is 7.49. The van der Waals surface area contributed by atoms with Gasteiger partial charge in [0.25, 0.3) is 0 Å². The topological polar surface area (TPSA) is 84.5 Å². The highest BCUT2D eigenvalue weighted by Crippen LogP contribution is 2.17. The van der Waals surface area contributed by atoms with Crippen molar-refractivity contribution in [1.29, 1.82) is 0 Å². The zero-order chi connectivity index (χ0) is 17.3. The van der Waals surface area contributed by atoms with Gasteiger partial charge in [-0.15, -0.1) is 0 Å². The molecule has 0 atom stereocenters. The van der Waals surface area contributed by atoms with Gasteiger partial charge in [-0.2, -0.15) is 0 Å². The van der Waals surface area contributed by atoms with E-state index in [0.717, 1.165) is 5.56 Å². The van der Waals surface area contributed by atoms with Crippen molar-refractivity contribution in [3.8, 4) is 0 Å². The summed E-state index contributed by atoms with van der Waals surface area (Å²) in [7, 11) is 0. The Morgan fingerprint density at radius 3 is 2.17 bits per heavy atom. The second-order valence-electron chi connectivity index (χ2n) is 6.44. The van der Waals surface area contributed by atoms with Gasteiger partial charge in [0.15, 0.2) is 0 Å². The van der Waals surface area contributed by atoms with E-state index in [1.165, 1.54) is 0 Å². The van der Waals surface area contributed by atoms with E-state index in [1.807, 2.05) is 51.1 Å². The first-order valence-electron chi connectivity index (χ1n) is 7.49. The minimum Gasteiger partial charge on any atom is -0.460 e. The van der Waals surface area contributed by atoms with Crippen LogP contribution < -0.4 is 10.6 Å². The van der Waals surface area contributed by atoms with Crippen molar-refractivity contribution >= 4 is 17.8 Å². The molecule has 0 aliphatic carbocycles. The number of carbonyl (C=O) groups is 3. The molecule has 2 N–H and O–H groups in total. The Labute approximate surface area is 136 Å². The third-order valence-electron chi connectivity index (χ3n) is 2.81. The van der Waals surface area contributed by atoms with Crippen LogP contribution in [-0.2, 0) is 25.7 Å². The summed E-state index contributed by atoms with van der Waals surface area (Å²) in [5.41, 5.74) is 0.739. The molecule has 1 rings (SSSR count). The minimum atomic E-state index is -0.525. The monoisotopic (exact) mass is 320 g/mol. The summed E-state index contributed by atoms with van der Waals surface area (Å²) >= 11 is 0. The van der Waals surface area contributed by atoms with E-state index >= 15 is 0 Å². The highest BCUT2D eigenvalue weighted by molar-refractivity contribution is 5.87. The number of rotatable bonds is 7. The molecule has 0 aliphatic heterocycles. The Hall–Kier alpha value is -2.37. The van der Waals surface area contributed by atoms with Crippen molar-refractivity contribution in [3.63, 3.8) is 0 Å². The van der Waals surface area contributed by atoms with Crippen molar-refractivity contribution in [2.75, 3.05) is 13.1 Å². The quantitative estimate of drug-likeness (QED) is 0.744. The van der Waals surface area contributed by atoms with Crippen molar-refractivity contribution in [2.24, 2.45) is 5.41 Å². The average molecular weight is 320 g/mol. The first-order chi connectivity index (χ1) is 10.8. The number of hydrogen-bond acceptors (Lipinski definition) is 4. The standard InChI is InChI=1S/C17H24N2O4/c1-17(2,3)9-14(20)18-10-15(21)19-11-16(22)23-12-13-7-5-4-6-8-13/h4-8H,9-12H2,1-3H3,(H,18,20)(H,19,21). The number of amides is 2. The zero-order valence-corrected chi connectivity index (χ0v) is 13.8. The normalized spacial score (nSPS) is 10.7. The molecule has 0 bridgehead atoms. The Kier molecular flexibility index (Phi) is 7.25. The molecule has 0 unspecified atom stereocenters.